The van der Waals surface area contributed by atoms with Crippen LogP contribution >= 0.6 is 0 Å². The molecule has 0 spiro atoms. The summed E-state index contributed by atoms with van der Waals surface area (Å²) in [4.78, 5) is 36.9. The molecule has 0 bridgehead atoms. The number of aryl methyl sites for hydroxylation is 1. The smallest absolute Gasteiger partial charge is 0.323 e. The van der Waals surface area contributed by atoms with Crippen molar-refractivity contribution in [3.05, 3.63) is 72.4 Å². The molecule has 0 fully saturated rings. The molecular formula is C20H24N2O3. The summed E-state index contributed by atoms with van der Waals surface area (Å²) < 4.78 is 0. The number of amides is 3. The highest BCUT2D eigenvalue weighted by Gasteiger charge is 2.22. The van der Waals surface area contributed by atoms with Crippen LogP contribution in [0, 0.1) is 12.8 Å². The van der Waals surface area contributed by atoms with Gasteiger partial charge in [0.05, 0.1) is 5.92 Å². The Labute approximate surface area is 148 Å². The lowest BCUT2D eigenvalue weighted by atomic mass is 9.99. The van der Waals surface area contributed by atoms with Crippen LogP contribution in [0.1, 0.15) is 11.1 Å². The van der Waals surface area contributed by atoms with E-state index in [0.29, 0.717) is 6.29 Å². The summed E-state index contributed by atoms with van der Waals surface area (Å²) in [5.41, 5.74) is 2.74. The summed E-state index contributed by atoms with van der Waals surface area (Å²) >= 11 is 0. The van der Waals surface area contributed by atoms with Crippen molar-refractivity contribution in [2.75, 3.05) is 13.6 Å². The van der Waals surface area contributed by atoms with Gasteiger partial charge in [0.1, 0.15) is 6.29 Å². The quantitative estimate of drug-likeness (QED) is 0.449. The third-order valence-corrected chi connectivity index (χ3v) is 3.67. The molecule has 0 saturated carbocycles. The number of hydrogen-bond acceptors (Lipinski definition) is 3. The number of allylic oxidation sites excluding steroid dienone is 2. The van der Waals surface area contributed by atoms with Gasteiger partial charge in [-0.05, 0) is 24.5 Å². The molecule has 25 heavy (non-hydrogen) atoms. The monoisotopic (exact) mass is 340 g/mol. The molecule has 0 aliphatic heterocycles. The van der Waals surface area contributed by atoms with Crippen LogP contribution < -0.4 is 5.32 Å². The first-order valence-corrected chi connectivity index (χ1v) is 7.92. The number of nitrogens with zero attached hydrogens (tertiary/aromatic N) is 1. The van der Waals surface area contributed by atoms with Crippen molar-refractivity contribution in [2.45, 2.75) is 13.3 Å². The zero-order valence-electron chi connectivity index (χ0n) is 14.7. The summed E-state index contributed by atoms with van der Waals surface area (Å²) in [5, 5.41) is 2.26. The predicted molar refractivity (Wildman–Crippen MR) is 99.1 cm³/mol. The van der Waals surface area contributed by atoms with E-state index < -0.39 is 17.9 Å². The molecule has 0 aromatic heterocycles. The molecule has 3 amide bonds. The highest BCUT2D eigenvalue weighted by Crippen LogP contribution is 2.09. The lowest BCUT2D eigenvalue weighted by molar-refractivity contribution is -0.128. The number of urea groups is 1. The van der Waals surface area contributed by atoms with Crippen LogP contribution in [0.15, 0.2) is 61.2 Å². The van der Waals surface area contributed by atoms with Crippen LogP contribution in [0.25, 0.3) is 0 Å². The minimum absolute atomic E-state index is 0.251. The SMILES string of the molecule is C=C/C=C(\C=C)CN(C)C(=O)NC(=O)C(C=O)Cc1ccc(C)cc1. The lowest BCUT2D eigenvalue weighted by Gasteiger charge is -2.19. The van der Waals surface area contributed by atoms with Gasteiger partial charge in [0, 0.05) is 13.6 Å². The lowest BCUT2D eigenvalue weighted by Crippen LogP contribution is -2.44. The van der Waals surface area contributed by atoms with Gasteiger partial charge in [-0.15, -0.1) is 0 Å². The first-order valence-electron chi connectivity index (χ1n) is 7.92. The van der Waals surface area contributed by atoms with Gasteiger partial charge in [-0.3, -0.25) is 10.1 Å². The molecule has 5 nitrogen and oxygen atoms in total. The van der Waals surface area contributed by atoms with Crippen LogP contribution in [0.2, 0.25) is 0 Å². The van der Waals surface area contributed by atoms with Gasteiger partial charge in [-0.25, -0.2) is 4.79 Å². The minimum Gasteiger partial charge on any atom is -0.323 e. The van der Waals surface area contributed by atoms with E-state index in [9.17, 15) is 14.4 Å². The third kappa shape index (κ3) is 6.59. The highest BCUT2D eigenvalue weighted by atomic mass is 16.2. The zero-order chi connectivity index (χ0) is 18.8. The number of rotatable bonds is 8. The van der Waals surface area contributed by atoms with E-state index in [1.807, 2.05) is 31.2 Å². The third-order valence-electron chi connectivity index (χ3n) is 3.67. The van der Waals surface area contributed by atoms with Gasteiger partial charge < -0.3 is 9.69 Å². The largest absolute Gasteiger partial charge is 0.324 e. The number of carbonyl (C=O) groups excluding carboxylic acids is 3. The van der Waals surface area contributed by atoms with E-state index >= 15 is 0 Å². The van der Waals surface area contributed by atoms with E-state index in [1.165, 1.54) is 4.90 Å². The molecule has 1 rings (SSSR count). The van der Waals surface area contributed by atoms with Crippen LogP contribution in [0.5, 0.6) is 0 Å². The molecule has 0 aliphatic rings. The van der Waals surface area contributed by atoms with Gasteiger partial charge in [-0.2, -0.15) is 0 Å². The van der Waals surface area contributed by atoms with Crippen molar-refractivity contribution in [3.63, 3.8) is 0 Å². The first kappa shape index (κ1) is 20.1. The molecule has 132 valence electrons. The Hall–Kier alpha value is -2.95. The summed E-state index contributed by atoms with van der Waals surface area (Å²) in [7, 11) is 1.55. The van der Waals surface area contributed by atoms with Gasteiger partial charge >= 0.3 is 6.03 Å². The zero-order valence-corrected chi connectivity index (χ0v) is 14.7. The van der Waals surface area contributed by atoms with Crippen molar-refractivity contribution >= 4 is 18.2 Å². The Morgan fingerprint density at radius 2 is 1.88 bits per heavy atom. The Morgan fingerprint density at radius 1 is 1.24 bits per heavy atom. The number of carbonyl (C=O) groups is 3. The summed E-state index contributed by atoms with van der Waals surface area (Å²) in [5.74, 6) is -1.53. The minimum atomic E-state index is -0.914. The molecule has 0 radical (unpaired) electrons. The van der Waals surface area contributed by atoms with E-state index in [4.69, 9.17) is 0 Å². The standard InChI is InChI=1S/C20H24N2O3/c1-5-7-16(6-2)13-22(4)20(25)21-19(24)18(14-23)12-17-10-8-15(3)9-11-17/h5-11,14,18H,1-2,12-13H2,3-4H3,(H,21,24,25)/b16-7+. The first-order chi connectivity index (χ1) is 11.9. The molecule has 0 heterocycles. The Bertz CT molecular complexity index is 675. The maximum absolute atomic E-state index is 12.2. The second kappa shape index (κ2) is 10.0. The Kier molecular flexibility index (Phi) is 8.06. The normalized spacial score (nSPS) is 12.0. The predicted octanol–water partition coefficient (Wildman–Crippen LogP) is 2.82. The second-order valence-corrected chi connectivity index (χ2v) is 5.76. The van der Waals surface area contributed by atoms with Gasteiger partial charge in [0.15, 0.2) is 0 Å². The average molecular weight is 340 g/mol. The van der Waals surface area contributed by atoms with Crippen molar-refractivity contribution in [2.24, 2.45) is 5.92 Å². The van der Waals surface area contributed by atoms with Crippen molar-refractivity contribution in [1.29, 1.82) is 0 Å². The van der Waals surface area contributed by atoms with Crippen molar-refractivity contribution in [3.8, 4) is 0 Å². The maximum atomic E-state index is 12.2. The van der Waals surface area contributed by atoms with Crippen LogP contribution in [-0.2, 0) is 16.0 Å². The molecule has 1 aromatic rings. The number of aldehydes is 1. The molecular weight excluding hydrogens is 316 g/mol. The van der Waals surface area contributed by atoms with Gasteiger partial charge in [0.2, 0.25) is 5.91 Å². The number of likely N-dealkylation sites (N-methyl/N-ethyl adjacent to an activating group) is 1. The molecule has 1 unspecified atom stereocenters. The molecule has 0 aliphatic carbocycles. The number of imide groups is 1. The Balaban J connectivity index is 2.67. The van der Waals surface area contributed by atoms with Crippen molar-refractivity contribution in [1.82, 2.24) is 10.2 Å². The van der Waals surface area contributed by atoms with Crippen molar-refractivity contribution < 1.29 is 14.4 Å². The fourth-order valence-corrected chi connectivity index (χ4v) is 2.16. The maximum Gasteiger partial charge on any atom is 0.324 e. The molecule has 0 saturated heterocycles. The summed E-state index contributed by atoms with van der Waals surface area (Å²) in [6.07, 6.45) is 5.75. The van der Waals surface area contributed by atoms with Crippen LogP contribution in [0.4, 0.5) is 4.79 Å². The van der Waals surface area contributed by atoms with Gasteiger partial charge in [0.25, 0.3) is 0 Å². The summed E-state index contributed by atoms with van der Waals surface area (Å²) in [6, 6.07) is 6.98. The van der Waals surface area contributed by atoms with E-state index in [-0.39, 0.29) is 13.0 Å². The number of hydrogen-bond donors (Lipinski definition) is 1. The van der Waals surface area contributed by atoms with Crippen LogP contribution in [-0.4, -0.2) is 36.7 Å². The molecule has 1 aromatic carbocycles. The Morgan fingerprint density at radius 3 is 2.40 bits per heavy atom. The molecule has 5 heteroatoms. The van der Waals surface area contributed by atoms with Crippen LogP contribution in [0.3, 0.4) is 0 Å². The highest BCUT2D eigenvalue weighted by molar-refractivity contribution is 6.01. The topological polar surface area (TPSA) is 66.5 Å². The van der Waals surface area contributed by atoms with E-state index in [0.717, 1.165) is 16.7 Å². The molecule has 1 N–H and O–H groups in total. The average Bonchev–Trinajstić information content (AvgIpc) is 2.60. The second-order valence-electron chi connectivity index (χ2n) is 5.76. The number of nitrogens with one attached hydrogen (secondary N) is 1. The fraction of sp³-hybridized carbons (Fsp3) is 0.250. The molecule has 1 atom stereocenters. The van der Waals surface area contributed by atoms with E-state index in [2.05, 4.69) is 18.5 Å². The number of benzene rings is 1. The summed E-state index contributed by atoms with van der Waals surface area (Å²) in [6.45, 7) is 9.49. The van der Waals surface area contributed by atoms with Gasteiger partial charge in [-0.1, -0.05) is 61.2 Å². The van der Waals surface area contributed by atoms with E-state index in [1.54, 1.807) is 25.3 Å². The fourth-order valence-electron chi connectivity index (χ4n) is 2.16.